The van der Waals surface area contributed by atoms with Crippen LogP contribution >= 0.6 is 39.5 Å². The average molecular weight is 350 g/mol. The first-order chi connectivity index (χ1) is 8.63. The van der Waals surface area contributed by atoms with Crippen LogP contribution in [-0.4, -0.2) is 38.3 Å². The lowest BCUT2D eigenvalue weighted by atomic mass is 10.1. The molecule has 2 atom stereocenters. The predicted molar refractivity (Wildman–Crippen MR) is 85.6 cm³/mol. The minimum absolute atomic E-state index is 0.223. The van der Waals surface area contributed by atoms with Crippen molar-refractivity contribution in [3.8, 4) is 0 Å². The van der Waals surface area contributed by atoms with Crippen LogP contribution in [0, 0.1) is 6.92 Å². The molecule has 0 saturated carbocycles. The molecule has 2 rings (SSSR count). The van der Waals surface area contributed by atoms with Gasteiger partial charge in [0.25, 0.3) is 0 Å². The van der Waals surface area contributed by atoms with Gasteiger partial charge in [-0.25, -0.2) is 0 Å². The molecule has 1 aromatic heterocycles. The second kappa shape index (κ2) is 6.68. The van der Waals surface area contributed by atoms with E-state index in [2.05, 4.69) is 32.6 Å². The summed E-state index contributed by atoms with van der Waals surface area (Å²) in [5, 5.41) is 5.11. The number of nitrogens with zero attached hydrogens (tertiary/aromatic N) is 2. The molecule has 0 aromatic carbocycles. The van der Waals surface area contributed by atoms with Crippen molar-refractivity contribution in [2.45, 2.75) is 38.1 Å². The van der Waals surface area contributed by atoms with Gasteiger partial charge in [0.2, 0.25) is 0 Å². The molecule has 3 nitrogen and oxygen atoms in total. The molecular formula is C12H20BrN3S2. The molecule has 1 aliphatic heterocycles. The van der Waals surface area contributed by atoms with Gasteiger partial charge in [-0.3, -0.25) is 4.68 Å². The number of hydrogen-bond donors (Lipinski definition) is 1. The lowest BCUT2D eigenvalue weighted by Crippen LogP contribution is -2.38. The van der Waals surface area contributed by atoms with Gasteiger partial charge in [0.1, 0.15) is 0 Å². The third kappa shape index (κ3) is 3.26. The first-order valence-electron chi connectivity index (χ1n) is 6.30. The van der Waals surface area contributed by atoms with Gasteiger partial charge >= 0.3 is 0 Å². The van der Waals surface area contributed by atoms with E-state index in [1.54, 1.807) is 0 Å². The van der Waals surface area contributed by atoms with Gasteiger partial charge in [-0.05, 0) is 29.8 Å². The van der Waals surface area contributed by atoms with Crippen LogP contribution in [0.5, 0.6) is 0 Å². The normalized spacial score (nSPS) is 22.1. The van der Waals surface area contributed by atoms with E-state index >= 15 is 0 Å². The van der Waals surface area contributed by atoms with E-state index in [1.165, 1.54) is 23.0 Å². The minimum Gasteiger partial charge on any atom is -0.326 e. The molecule has 2 N–H and O–H groups in total. The van der Waals surface area contributed by atoms with E-state index in [1.807, 2.05) is 30.4 Å². The molecule has 2 unspecified atom stereocenters. The average Bonchev–Trinajstić information content (AvgIpc) is 2.67. The highest BCUT2D eigenvalue weighted by atomic mass is 79.9. The van der Waals surface area contributed by atoms with Gasteiger partial charge in [0.15, 0.2) is 0 Å². The van der Waals surface area contributed by atoms with Crippen LogP contribution in [0.15, 0.2) is 4.47 Å². The molecule has 1 aliphatic rings. The molecule has 1 fully saturated rings. The third-order valence-electron chi connectivity index (χ3n) is 3.20. The van der Waals surface area contributed by atoms with Crippen molar-refractivity contribution >= 4 is 39.5 Å². The quantitative estimate of drug-likeness (QED) is 0.907. The van der Waals surface area contributed by atoms with E-state index in [4.69, 9.17) is 5.73 Å². The second-order valence-electron chi connectivity index (χ2n) is 4.51. The van der Waals surface area contributed by atoms with Crippen molar-refractivity contribution in [2.75, 3.05) is 17.3 Å². The summed E-state index contributed by atoms with van der Waals surface area (Å²) in [5.74, 6) is 3.68. The van der Waals surface area contributed by atoms with Crippen molar-refractivity contribution in [3.05, 3.63) is 15.9 Å². The smallest absolute Gasteiger partial charge is 0.0738 e. The molecule has 6 heteroatoms. The van der Waals surface area contributed by atoms with Crippen LogP contribution in [0.1, 0.15) is 18.3 Å². The highest BCUT2D eigenvalue weighted by molar-refractivity contribution is 9.10. The van der Waals surface area contributed by atoms with Crippen molar-refractivity contribution in [3.63, 3.8) is 0 Å². The van der Waals surface area contributed by atoms with Crippen molar-refractivity contribution < 1.29 is 0 Å². The van der Waals surface area contributed by atoms with Crippen LogP contribution in [-0.2, 0) is 13.0 Å². The topological polar surface area (TPSA) is 43.8 Å². The van der Waals surface area contributed by atoms with Gasteiger partial charge in [-0.2, -0.15) is 28.6 Å². The zero-order valence-corrected chi connectivity index (χ0v) is 14.1. The van der Waals surface area contributed by atoms with Crippen molar-refractivity contribution in [1.29, 1.82) is 0 Å². The Balaban J connectivity index is 2.08. The van der Waals surface area contributed by atoms with Gasteiger partial charge in [-0.1, -0.05) is 0 Å². The largest absolute Gasteiger partial charge is 0.326 e. The lowest BCUT2D eigenvalue weighted by molar-refractivity contribution is 0.573. The van der Waals surface area contributed by atoms with E-state index < -0.39 is 0 Å². The number of nitrogens with two attached hydrogens (primary N) is 1. The van der Waals surface area contributed by atoms with E-state index in [9.17, 15) is 0 Å². The molecule has 0 spiro atoms. The summed E-state index contributed by atoms with van der Waals surface area (Å²) in [6, 6.07) is 0.223. The molecule has 1 aromatic rings. The maximum Gasteiger partial charge on any atom is 0.0738 e. The van der Waals surface area contributed by atoms with Crippen molar-refractivity contribution in [2.24, 2.45) is 5.73 Å². The third-order valence-corrected chi connectivity index (χ3v) is 7.17. The lowest BCUT2D eigenvalue weighted by Gasteiger charge is -2.26. The Labute approximate surface area is 126 Å². The molecule has 0 radical (unpaired) electrons. The van der Waals surface area contributed by atoms with E-state index in [0.29, 0.717) is 5.25 Å². The highest BCUT2D eigenvalue weighted by Crippen LogP contribution is 2.29. The Morgan fingerprint density at radius 3 is 2.94 bits per heavy atom. The highest BCUT2D eigenvalue weighted by Gasteiger charge is 2.24. The van der Waals surface area contributed by atoms with Crippen LogP contribution in [0.3, 0.4) is 0 Å². The summed E-state index contributed by atoms with van der Waals surface area (Å²) in [5.41, 5.74) is 8.69. The number of rotatable bonds is 4. The van der Waals surface area contributed by atoms with Crippen LogP contribution in [0.25, 0.3) is 0 Å². The number of hydrogen-bond acceptors (Lipinski definition) is 4. The van der Waals surface area contributed by atoms with Crippen LogP contribution in [0.2, 0.25) is 0 Å². The molecule has 2 heterocycles. The van der Waals surface area contributed by atoms with E-state index in [0.717, 1.165) is 23.1 Å². The van der Waals surface area contributed by atoms with Crippen molar-refractivity contribution in [1.82, 2.24) is 9.78 Å². The predicted octanol–water partition coefficient (Wildman–Crippen LogP) is 2.69. The number of thioether (sulfide) groups is 2. The maximum absolute atomic E-state index is 6.39. The fraction of sp³-hybridized carbons (Fsp3) is 0.750. The Hall–Kier alpha value is 0.350. The Morgan fingerprint density at radius 1 is 1.56 bits per heavy atom. The Kier molecular flexibility index (Phi) is 5.47. The molecule has 18 heavy (non-hydrogen) atoms. The molecule has 0 amide bonds. The first-order valence-corrected chi connectivity index (χ1v) is 9.29. The molecule has 0 bridgehead atoms. The SMILES string of the molecule is CCn1nc(C)c(Br)c1CC(N)C1CSCCS1. The summed E-state index contributed by atoms with van der Waals surface area (Å²) in [6.07, 6.45) is 0.910. The zero-order chi connectivity index (χ0) is 13.1. The van der Waals surface area contributed by atoms with Gasteiger partial charge in [0.05, 0.1) is 15.9 Å². The summed E-state index contributed by atoms with van der Waals surface area (Å²) in [6.45, 7) is 5.07. The molecule has 102 valence electrons. The van der Waals surface area contributed by atoms with Crippen LogP contribution in [0.4, 0.5) is 0 Å². The van der Waals surface area contributed by atoms with E-state index in [-0.39, 0.29) is 6.04 Å². The number of halogens is 1. The van der Waals surface area contributed by atoms with Gasteiger partial charge in [0, 0.05) is 41.5 Å². The maximum atomic E-state index is 6.39. The summed E-state index contributed by atoms with van der Waals surface area (Å²) in [7, 11) is 0. The number of aromatic nitrogens is 2. The van der Waals surface area contributed by atoms with Crippen LogP contribution < -0.4 is 5.73 Å². The second-order valence-corrected chi connectivity index (χ2v) is 7.80. The van der Waals surface area contributed by atoms with Gasteiger partial charge in [-0.15, -0.1) is 0 Å². The van der Waals surface area contributed by atoms with Gasteiger partial charge < -0.3 is 5.73 Å². The summed E-state index contributed by atoms with van der Waals surface area (Å²) in [4.78, 5) is 0. The monoisotopic (exact) mass is 349 g/mol. The summed E-state index contributed by atoms with van der Waals surface area (Å²) < 4.78 is 3.20. The minimum atomic E-state index is 0.223. The Bertz CT molecular complexity index is 402. The number of aryl methyl sites for hydroxylation is 2. The fourth-order valence-electron chi connectivity index (χ4n) is 2.17. The Morgan fingerprint density at radius 2 is 2.33 bits per heavy atom. The fourth-order valence-corrected chi connectivity index (χ4v) is 5.44. The first kappa shape index (κ1) is 14.8. The zero-order valence-electron chi connectivity index (χ0n) is 10.9. The molecule has 1 saturated heterocycles. The molecular weight excluding hydrogens is 330 g/mol. The summed E-state index contributed by atoms with van der Waals surface area (Å²) >= 11 is 7.70. The molecule has 0 aliphatic carbocycles. The standard InChI is InChI=1S/C12H20BrN3S2/c1-3-16-10(12(13)8(2)15-16)6-9(14)11-7-17-4-5-18-11/h9,11H,3-7,14H2,1-2H3.